The first-order valence-corrected chi connectivity index (χ1v) is 8.11. The summed E-state index contributed by atoms with van der Waals surface area (Å²) in [6.07, 6.45) is 3.93. The molecule has 0 aliphatic rings. The standard InChI is InChI=1S/C17H18N6O4/c1-11-6-13(4-5-15(11)23-10-18-9-19-23)17(25)27-12(2)14-7-22(21-20-14)8-16(24)26-3/h4-7,9-10,12H,8H2,1-3H3/t12-/m1/s1. The molecule has 10 heteroatoms. The normalized spacial score (nSPS) is 11.8. The fraction of sp³-hybridized carbons (Fsp3) is 0.294. The topological polar surface area (TPSA) is 114 Å². The zero-order chi connectivity index (χ0) is 19.4. The number of esters is 2. The second kappa shape index (κ2) is 7.77. The predicted octanol–water partition coefficient (Wildman–Crippen LogP) is 1.26. The maximum atomic E-state index is 12.4. The Morgan fingerprint density at radius 3 is 2.78 bits per heavy atom. The van der Waals surface area contributed by atoms with E-state index in [4.69, 9.17) is 4.74 Å². The number of carbonyl (C=O) groups excluding carboxylic acids is 2. The zero-order valence-corrected chi connectivity index (χ0v) is 15.1. The Bertz CT molecular complexity index is 950. The summed E-state index contributed by atoms with van der Waals surface area (Å²) in [6.45, 7) is 3.49. The van der Waals surface area contributed by atoms with E-state index in [0.717, 1.165) is 11.3 Å². The number of rotatable bonds is 6. The van der Waals surface area contributed by atoms with Crippen LogP contribution in [0.15, 0.2) is 37.1 Å². The van der Waals surface area contributed by atoms with E-state index in [-0.39, 0.29) is 6.54 Å². The van der Waals surface area contributed by atoms with Crippen molar-refractivity contribution in [3.05, 3.63) is 53.9 Å². The summed E-state index contributed by atoms with van der Waals surface area (Å²) in [6, 6.07) is 5.16. The third-order valence-electron chi connectivity index (χ3n) is 3.87. The monoisotopic (exact) mass is 370 g/mol. The van der Waals surface area contributed by atoms with E-state index in [1.807, 2.05) is 6.92 Å². The molecule has 0 unspecified atom stereocenters. The Hall–Kier alpha value is -3.56. The first-order chi connectivity index (χ1) is 13.0. The molecule has 0 radical (unpaired) electrons. The number of hydrogen-bond acceptors (Lipinski definition) is 8. The van der Waals surface area contributed by atoms with Gasteiger partial charge in [-0.2, -0.15) is 5.10 Å². The Kier molecular flexibility index (Phi) is 5.25. The molecular weight excluding hydrogens is 352 g/mol. The minimum atomic E-state index is -0.626. The molecule has 0 fully saturated rings. The lowest BCUT2D eigenvalue weighted by Crippen LogP contribution is -2.12. The number of carbonyl (C=O) groups is 2. The molecule has 0 amide bonds. The molecule has 27 heavy (non-hydrogen) atoms. The zero-order valence-electron chi connectivity index (χ0n) is 15.1. The lowest BCUT2D eigenvalue weighted by atomic mass is 10.1. The molecular formula is C17H18N6O4. The third-order valence-corrected chi connectivity index (χ3v) is 3.87. The summed E-state index contributed by atoms with van der Waals surface area (Å²) >= 11 is 0. The quantitative estimate of drug-likeness (QED) is 0.596. The average molecular weight is 370 g/mol. The molecule has 10 nitrogen and oxygen atoms in total. The highest BCUT2D eigenvalue weighted by atomic mass is 16.5. The number of benzene rings is 1. The molecule has 0 aliphatic carbocycles. The Balaban J connectivity index is 1.68. The van der Waals surface area contributed by atoms with Crippen LogP contribution in [0, 0.1) is 6.92 Å². The van der Waals surface area contributed by atoms with Crippen molar-refractivity contribution < 1.29 is 19.1 Å². The molecule has 0 aliphatic heterocycles. The van der Waals surface area contributed by atoms with E-state index < -0.39 is 18.0 Å². The highest BCUT2D eigenvalue weighted by Crippen LogP contribution is 2.19. The van der Waals surface area contributed by atoms with Crippen LogP contribution >= 0.6 is 0 Å². The molecule has 3 aromatic rings. The van der Waals surface area contributed by atoms with Gasteiger partial charge in [0, 0.05) is 0 Å². The molecule has 3 rings (SSSR count). The van der Waals surface area contributed by atoms with Crippen LogP contribution in [0.3, 0.4) is 0 Å². The van der Waals surface area contributed by atoms with Crippen molar-refractivity contribution in [2.75, 3.05) is 7.11 Å². The van der Waals surface area contributed by atoms with Gasteiger partial charge in [-0.3, -0.25) is 4.79 Å². The van der Waals surface area contributed by atoms with Crippen molar-refractivity contribution in [1.82, 2.24) is 29.8 Å². The molecule has 140 valence electrons. The van der Waals surface area contributed by atoms with Crippen LogP contribution in [0.4, 0.5) is 0 Å². The van der Waals surface area contributed by atoms with Crippen LogP contribution in [0.1, 0.15) is 34.6 Å². The van der Waals surface area contributed by atoms with Crippen LogP contribution in [-0.4, -0.2) is 48.8 Å². The molecule has 1 atom stereocenters. The van der Waals surface area contributed by atoms with Gasteiger partial charge in [0.05, 0.1) is 24.6 Å². The minimum absolute atomic E-state index is 0.0624. The largest absolute Gasteiger partial charge is 0.468 e. The Labute approximate surface area is 154 Å². The number of aryl methyl sites for hydroxylation is 1. The van der Waals surface area contributed by atoms with E-state index in [1.165, 1.54) is 24.3 Å². The second-order valence-corrected chi connectivity index (χ2v) is 5.81. The third kappa shape index (κ3) is 4.17. The number of aromatic nitrogens is 6. The van der Waals surface area contributed by atoms with Crippen molar-refractivity contribution >= 4 is 11.9 Å². The highest BCUT2D eigenvalue weighted by molar-refractivity contribution is 5.90. The highest BCUT2D eigenvalue weighted by Gasteiger charge is 2.18. The molecule has 2 heterocycles. The van der Waals surface area contributed by atoms with Gasteiger partial charge in [0.1, 0.15) is 31.0 Å². The summed E-state index contributed by atoms with van der Waals surface area (Å²) in [7, 11) is 1.29. The van der Waals surface area contributed by atoms with Crippen molar-refractivity contribution in [3.8, 4) is 5.69 Å². The van der Waals surface area contributed by atoms with E-state index >= 15 is 0 Å². The van der Waals surface area contributed by atoms with Crippen LogP contribution in [-0.2, 0) is 20.8 Å². The van der Waals surface area contributed by atoms with Gasteiger partial charge in [-0.1, -0.05) is 5.21 Å². The first-order valence-electron chi connectivity index (χ1n) is 8.11. The molecule has 0 saturated carbocycles. The van der Waals surface area contributed by atoms with Crippen LogP contribution in [0.2, 0.25) is 0 Å². The fourth-order valence-corrected chi connectivity index (χ4v) is 2.43. The van der Waals surface area contributed by atoms with E-state index in [2.05, 4.69) is 25.1 Å². The van der Waals surface area contributed by atoms with Gasteiger partial charge in [0.15, 0.2) is 0 Å². The fourth-order valence-electron chi connectivity index (χ4n) is 2.43. The maximum Gasteiger partial charge on any atom is 0.338 e. The number of nitrogens with zero attached hydrogens (tertiary/aromatic N) is 6. The molecule has 1 aromatic carbocycles. The van der Waals surface area contributed by atoms with Gasteiger partial charge in [-0.15, -0.1) is 5.10 Å². The summed E-state index contributed by atoms with van der Waals surface area (Å²) in [4.78, 5) is 27.6. The van der Waals surface area contributed by atoms with Crippen LogP contribution in [0.25, 0.3) is 5.69 Å². The Morgan fingerprint density at radius 1 is 1.30 bits per heavy atom. The van der Waals surface area contributed by atoms with Gasteiger partial charge in [0.25, 0.3) is 0 Å². The summed E-state index contributed by atoms with van der Waals surface area (Å²) in [5.41, 5.74) is 2.52. The summed E-state index contributed by atoms with van der Waals surface area (Å²) < 4.78 is 13.0. The first kappa shape index (κ1) is 18.2. The van der Waals surface area contributed by atoms with Crippen molar-refractivity contribution in [1.29, 1.82) is 0 Å². The van der Waals surface area contributed by atoms with Gasteiger partial charge in [-0.25, -0.2) is 19.1 Å². The summed E-state index contributed by atoms with van der Waals surface area (Å²) in [5.74, 6) is -0.933. The maximum absolute atomic E-state index is 12.4. The lowest BCUT2D eigenvalue weighted by Gasteiger charge is -2.12. The van der Waals surface area contributed by atoms with Gasteiger partial charge in [0.2, 0.25) is 0 Å². The molecule has 0 N–H and O–H groups in total. The average Bonchev–Trinajstić information content (AvgIpc) is 3.33. The van der Waals surface area contributed by atoms with E-state index in [9.17, 15) is 9.59 Å². The van der Waals surface area contributed by atoms with Crippen molar-refractivity contribution in [3.63, 3.8) is 0 Å². The second-order valence-electron chi connectivity index (χ2n) is 5.81. The van der Waals surface area contributed by atoms with E-state index in [0.29, 0.717) is 11.3 Å². The SMILES string of the molecule is COC(=O)Cn1cc([C@@H](C)OC(=O)c2ccc(-n3cncn3)c(C)c2)nn1. The smallest absolute Gasteiger partial charge is 0.338 e. The number of ether oxygens (including phenoxy) is 2. The molecule has 0 saturated heterocycles. The summed E-state index contributed by atoms with van der Waals surface area (Å²) in [5, 5.41) is 11.8. The predicted molar refractivity (Wildman–Crippen MR) is 92.0 cm³/mol. The molecule has 0 spiro atoms. The van der Waals surface area contributed by atoms with Crippen LogP contribution < -0.4 is 0 Å². The van der Waals surface area contributed by atoms with Crippen LogP contribution in [0.5, 0.6) is 0 Å². The number of hydrogen-bond donors (Lipinski definition) is 0. The lowest BCUT2D eigenvalue weighted by molar-refractivity contribution is -0.141. The van der Waals surface area contributed by atoms with Gasteiger partial charge < -0.3 is 9.47 Å². The van der Waals surface area contributed by atoms with Gasteiger partial charge >= 0.3 is 11.9 Å². The molecule has 0 bridgehead atoms. The van der Waals surface area contributed by atoms with Gasteiger partial charge in [-0.05, 0) is 37.6 Å². The van der Waals surface area contributed by atoms with Crippen molar-refractivity contribution in [2.45, 2.75) is 26.5 Å². The van der Waals surface area contributed by atoms with Crippen molar-refractivity contribution in [2.24, 2.45) is 0 Å². The Morgan fingerprint density at radius 2 is 2.11 bits per heavy atom. The van der Waals surface area contributed by atoms with E-state index in [1.54, 1.807) is 36.1 Å². The molecule has 2 aromatic heterocycles. The number of methoxy groups -OCH3 is 1. The minimum Gasteiger partial charge on any atom is -0.468 e.